The predicted octanol–water partition coefficient (Wildman–Crippen LogP) is 1.76. The zero-order chi connectivity index (χ0) is 13.2. The molecule has 2 aromatic rings. The van der Waals surface area contributed by atoms with Crippen molar-refractivity contribution < 1.29 is 14.6 Å². The fourth-order valence-corrected chi connectivity index (χ4v) is 2.43. The van der Waals surface area contributed by atoms with Crippen LogP contribution < -0.4 is 0 Å². The third kappa shape index (κ3) is 2.31. The fraction of sp³-hybridized carbons (Fsp3) is 0.462. The van der Waals surface area contributed by atoms with Gasteiger partial charge in [-0.2, -0.15) is 5.10 Å². The molecule has 1 aliphatic rings. The van der Waals surface area contributed by atoms with E-state index in [9.17, 15) is 4.79 Å². The van der Waals surface area contributed by atoms with Gasteiger partial charge in [-0.3, -0.25) is 4.79 Å². The Labute approximate surface area is 110 Å². The molecule has 0 aromatic carbocycles. The Kier molecular flexibility index (Phi) is 3.16. The summed E-state index contributed by atoms with van der Waals surface area (Å²) in [6.45, 7) is 0.715. The summed E-state index contributed by atoms with van der Waals surface area (Å²) in [6, 6.07) is 3.65. The maximum atomic E-state index is 10.9. The molecule has 19 heavy (non-hydrogen) atoms. The van der Waals surface area contributed by atoms with E-state index in [1.807, 2.05) is 6.07 Å². The molecule has 6 nitrogen and oxygen atoms in total. The van der Waals surface area contributed by atoms with Crippen molar-refractivity contribution in [2.24, 2.45) is 0 Å². The molecule has 0 radical (unpaired) electrons. The number of rotatable bonds is 3. The highest BCUT2D eigenvalue weighted by Crippen LogP contribution is 2.27. The van der Waals surface area contributed by atoms with Gasteiger partial charge in [0.25, 0.3) is 0 Å². The van der Waals surface area contributed by atoms with Gasteiger partial charge in [-0.1, -0.05) is 0 Å². The van der Waals surface area contributed by atoms with Crippen molar-refractivity contribution in [2.45, 2.75) is 31.9 Å². The summed E-state index contributed by atoms with van der Waals surface area (Å²) in [5.74, 6) is -0.889. The zero-order valence-corrected chi connectivity index (χ0v) is 10.5. The number of aliphatic carboxylic acids is 1. The summed E-state index contributed by atoms with van der Waals surface area (Å²) in [7, 11) is 0. The molecule has 1 atom stereocenters. The lowest BCUT2D eigenvalue weighted by Crippen LogP contribution is -2.19. The molecule has 0 spiro atoms. The molecular formula is C13H15N3O3. The second kappa shape index (κ2) is 4.97. The van der Waals surface area contributed by atoms with Crippen molar-refractivity contribution >= 4 is 17.0 Å². The maximum Gasteiger partial charge on any atom is 0.309 e. The number of ether oxygens (including phenoxy) is 1. The Hall–Kier alpha value is -1.95. The standard InChI is InChI=1S/C13H15N3O3/c17-12(18)8-10-9-4-3-6-14-13(9)16(15-10)11-5-1-2-7-19-11/h3-4,6,11H,1-2,5,7-8H2,(H,17,18). The number of fused-ring (bicyclic) bond motifs is 1. The lowest BCUT2D eigenvalue weighted by Gasteiger charge is -2.22. The van der Waals surface area contributed by atoms with Crippen LogP contribution in [-0.2, 0) is 16.0 Å². The van der Waals surface area contributed by atoms with Crippen molar-refractivity contribution in [1.82, 2.24) is 14.8 Å². The van der Waals surface area contributed by atoms with Gasteiger partial charge in [-0.05, 0) is 31.4 Å². The molecule has 2 aromatic heterocycles. The highest BCUT2D eigenvalue weighted by Gasteiger charge is 2.22. The molecule has 3 heterocycles. The van der Waals surface area contributed by atoms with Gasteiger partial charge >= 0.3 is 5.97 Å². The smallest absolute Gasteiger partial charge is 0.309 e. The van der Waals surface area contributed by atoms with Gasteiger partial charge in [0.15, 0.2) is 11.9 Å². The minimum absolute atomic E-state index is 0.0953. The van der Waals surface area contributed by atoms with Gasteiger partial charge in [0, 0.05) is 18.2 Å². The van der Waals surface area contributed by atoms with Crippen LogP contribution in [0.1, 0.15) is 31.2 Å². The summed E-state index contributed by atoms with van der Waals surface area (Å²) in [5.41, 5.74) is 1.25. The van der Waals surface area contributed by atoms with Gasteiger partial charge in [0.05, 0.1) is 12.1 Å². The van der Waals surface area contributed by atoms with Crippen LogP contribution >= 0.6 is 0 Å². The Bertz CT molecular complexity index is 602. The highest BCUT2D eigenvalue weighted by molar-refractivity contribution is 5.83. The molecular weight excluding hydrogens is 246 g/mol. The Balaban J connectivity index is 2.05. The SMILES string of the molecule is O=C(O)Cc1nn(C2CCCCO2)c2ncccc12. The van der Waals surface area contributed by atoms with Crippen molar-refractivity contribution in [3.63, 3.8) is 0 Å². The van der Waals surface area contributed by atoms with Crippen molar-refractivity contribution in [2.75, 3.05) is 6.61 Å². The van der Waals surface area contributed by atoms with Crippen LogP contribution in [-0.4, -0.2) is 32.4 Å². The first-order chi connectivity index (χ1) is 9.25. The first kappa shape index (κ1) is 12.1. The van der Waals surface area contributed by atoms with E-state index in [0.29, 0.717) is 17.9 Å². The van der Waals surface area contributed by atoms with Crippen LogP contribution in [0, 0.1) is 0 Å². The van der Waals surface area contributed by atoms with Crippen molar-refractivity contribution in [1.29, 1.82) is 0 Å². The van der Waals surface area contributed by atoms with E-state index in [4.69, 9.17) is 9.84 Å². The number of hydrogen-bond donors (Lipinski definition) is 1. The number of carboxylic acid groups (broad SMARTS) is 1. The first-order valence-electron chi connectivity index (χ1n) is 6.41. The molecule has 0 aliphatic carbocycles. The van der Waals surface area contributed by atoms with Crippen LogP contribution in [0.2, 0.25) is 0 Å². The summed E-state index contributed by atoms with van der Waals surface area (Å²) in [6.07, 6.45) is 4.50. The topological polar surface area (TPSA) is 77.2 Å². The quantitative estimate of drug-likeness (QED) is 0.910. The van der Waals surface area contributed by atoms with Gasteiger partial charge in [-0.25, -0.2) is 9.67 Å². The second-order valence-electron chi connectivity index (χ2n) is 4.66. The molecule has 1 N–H and O–H groups in total. The summed E-state index contributed by atoms with van der Waals surface area (Å²) >= 11 is 0. The van der Waals surface area contributed by atoms with Crippen LogP contribution in [0.15, 0.2) is 18.3 Å². The zero-order valence-electron chi connectivity index (χ0n) is 10.5. The number of pyridine rings is 1. The van der Waals surface area contributed by atoms with Crippen LogP contribution in [0.4, 0.5) is 0 Å². The molecule has 1 unspecified atom stereocenters. The third-order valence-electron chi connectivity index (χ3n) is 3.29. The van der Waals surface area contributed by atoms with E-state index >= 15 is 0 Å². The van der Waals surface area contributed by atoms with E-state index in [0.717, 1.165) is 24.6 Å². The number of carbonyl (C=O) groups is 1. The van der Waals surface area contributed by atoms with Gasteiger partial charge in [-0.15, -0.1) is 0 Å². The van der Waals surface area contributed by atoms with E-state index < -0.39 is 5.97 Å². The van der Waals surface area contributed by atoms with E-state index in [2.05, 4.69) is 10.1 Å². The molecule has 1 aliphatic heterocycles. The monoisotopic (exact) mass is 261 g/mol. The molecule has 1 fully saturated rings. The summed E-state index contributed by atoms with van der Waals surface area (Å²) in [4.78, 5) is 15.2. The minimum Gasteiger partial charge on any atom is -0.481 e. The van der Waals surface area contributed by atoms with Crippen LogP contribution in [0.25, 0.3) is 11.0 Å². The minimum atomic E-state index is -0.889. The molecule has 1 saturated heterocycles. The van der Waals surface area contributed by atoms with Gasteiger partial charge < -0.3 is 9.84 Å². The fourth-order valence-electron chi connectivity index (χ4n) is 2.43. The highest BCUT2D eigenvalue weighted by atomic mass is 16.5. The second-order valence-corrected chi connectivity index (χ2v) is 4.66. The Morgan fingerprint density at radius 2 is 2.42 bits per heavy atom. The molecule has 0 amide bonds. The first-order valence-corrected chi connectivity index (χ1v) is 6.41. The summed E-state index contributed by atoms with van der Waals surface area (Å²) < 4.78 is 7.43. The lowest BCUT2D eigenvalue weighted by atomic mass is 10.2. The number of hydrogen-bond acceptors (Lipinski definition) is 4. The van der Waals surface area contributed by atoms with Gasteiger partial charge in [0.1, 0.15) is 0 Å². The number of nitrogens with zero attached hydrogens (tertiary/aromatic N) is 3. The van der Waals surface area contributed by atoms with Crippen molar-refractivity contribution in [3.05, 3.63) is 24.0 Å². The van der Waals surface area contributed by atoms with Crippen molar-refractivity contribution in [3.8, 4) is 0 Å². The van der Waals surface area contributed by atoms with Gasteiger partial charge in [0.2, 0.25) is 0 Å². The average Bonchev–Trinajstić information content (AvgIpc) is 2.78. The predicted molar refractivity (Wildman–Crippen MR) is 67.7 cm³/mol. The molecule has 6 heteroatoms. The molecule has 3 rings (SSSR count). The number of carboxylic acids is 1. The van der Waals surface area contributed by atoms with Crippen LogP contribution in [0.3, 0.4) is 0 Å². The molecule has 0 saturated carbocycles. The van der Waals surface area contributed by atoms with E-state index in [-0.39, 0.29) is 12.6 Å². The third-order valence-corrected chi connectivity index (χ3v) is 3.29. The van der Waals surface area contributed by atoms with E-state index in [1.165, 1.54) is 0 Å². The number of aromatic nitrogens is 3. The molecule has 0 bridgehead atoms. The maximum absolute atomic E-state index is 10.9. The van der Waals surface area contributed by atoms with E-state index in [1.54, 1.807) is 16.9 Å². The molecule has 100 valence electrons. The Morgan fingerprint density at radius 1 is 1.53 bits per heavy atom. The summed E-state index contributed by atoms with van der Waals surface area (Å²) in [5, 5.41) is 14.1. The average molecular weight is 261 g/mol. The van der Waals surface area contributed by atoms with Crippen LogP contribution in [0.5, 0.6) is 0 Å². The Morgan fingerprint density at radius 3 is 3.16 bits per heavy atom. The largest absolute Gasteiger partial charge is 0.481 e. The lowest BCUT2D eigenvalue weighted by molar-refractivity contribution is -0.136. The normalized spacial score (nSPS) is 19.7.